The van der Waals surface area contributed by atoms with Gasteiger partial charge in [0.2, 0.25) is 11.1 Å². The summed E-state index contributed by atoms with van der Waals surface area (Å²) in [6, 6.07) is 15.1. The van der Waals surface area contributed by atoms with Crippen molar-refractivity contribution in [3.63, 3.8) is 0 Å². The Kier molecular flexibility index (Phi) is 5.28. The molecule has 28 heavy (non-hydrogen) atoms. The van der Waals surface area contributed by atoms with Crippen LogP contribution in [-0.4, -0.2) is 26.0 Å². The van der Waals surface area contributed by atoms with Crippen LogP contribution in [0.25, 0.3) is 0 Å². The highest BCUT2D eigenvalue weighted by molar-refractivity contribution is 8.00. The number of thioether (sulfide) groups is 1. The van der Waals surface area contributed by atoms with E-state index in [-0.39, 0.29) is 11.9 Å². The summed E-state index contributed by atoms with van der Waals surface area (Å²) in [5.41, 5.74) is 6.32. The van der Waals surface area contributed by atoms with Gasteiger partial charge < -0.3 is 10.7 Å². The molecule has 0 aliphatic carbocycles. The molecule has 1 aliphatic rings. The topological polar surface area (TPSA) is 71.8 Å². The number of aryl methyl sites for hydroxylation is 2. The molecule has 0 spiro atoms. The molecule has 0 saturated heterocycles. The molecule has 2 atom stereocenters. The van der Waals surface area contributed by atoms with Crippen molar-refractivity contribution < 1.29 is 4.79 Å². The number of carbonyl (C=O) groups excluding carboxylic acids is 1. The van der Waals surface area contributed by atoms with Gasteiger partial charge in [-0.3, -0.25) is 4.79 Å². The van der Waals surface area contributed by atoms with Crippen molar-refractivity contribution in [1.29, 1.82) is 0 Å². The fourth-order valence-corrected chi connectivity index (χ4v) is 4.42. The maximum atomic E-state index is 13.1. The van der Waals surface area contributed by atoms with E-state index < -0.39 is 5.25 Å². The van der Waals surface area contributed by atoms with E-state index in [1.165, 1.54) is 17.3 Å². The molecule has 1 amide bonds. The summed E-state index contributed by atoms with van der Waals surface area (Å²) in [5.74, 6) is 0.728. The molecule has 2 N–H and O–H groups in total. The normalized spacial score (nSPS) is 18.2. The molecule has 0 fully saturated rings. The van der Waals surface area contributed by atoms with E-state index in [1.54, 1.807) is 12.1 Å². The van der Waals surface area contributed by atoms with Gasteiger partial charge in [-0.05, 0) is 30.7 Å². The fraction of sp³-hybridized carbons (Fsp3) is 0.250. The van der Waals surface area contributed by atoms with Crippen LogP contribution in [0.2, 0.25) is 5.02 Å². The third-order valence-electron chi connectivity index (χ3n) is 4.61. The lowest BCUT2D eigenvalue weighted by atomic mass is 10.0. The van der Waals surface area contributed by atoms with Gasteiger partial charge >= 0.3 is 0 Å². The number of halogens is 1. The van der Waals surface area contributed by atoms with Crippen LogP contribution < -0.4 is 10.7 Å². The number of amides is 1. The average molecular weight is 414 g/mol. The van der Waals surface area contributed by atoms with E-state index in [0.717, 1.165) is 17.8 Å². The Labute approximate surface area is 172 Å². The quantitative estimate of drug-likeness (QED) is 0.670. The van der Waals surface area contributed by atoms with E-state index in [0.29, 0.717) is 15.9 Å². The third kappa shape index (κ3) is 3.72. The lowest BCUT2D eigenvalue weighted by Crippen LogP contribution is -2.41. The highest BCUT2D eigenvalue weighted by Crippen LogP contribution is 2.37. The first-order chi connectivity index (χ1) is 13.5. The number of carbonyl (C=O) groups is 1. The summed E-state index contributed by atoms with van der Waals surface area (Å²) >= 11 is 7.46. The molecule has 2 aromatic carbocycles. The first kappa shape index (κ1) is 18.8. The molecular weight excluding hydrogens is 394 g/mol. The molecule has 1 aliphatic heterocycles. The average Bonchev–Trinajstić information content (AvgIpc) is 3.09. The Morgan fingerprint density at radius 1 is 1.25 bits per heavy atom. The van der Waals surface area contributed by atoms with Crippen LogP contribution in [0.4, 0.5) is 5.69 Å². The second-order valence-electron chi connectivity index (χ2n) is 6.64. The molecular formula is C20H20ClN5OS. The summed E-state index contributed by atoms with van der Waals surface area (Å²) < 4.78 is 1.89. The Morgan fingerprint density at radius 3 is 2.75 bits per heavy atom. The van der Waals surface area contributed by atoms with Crippen LogP contribution >= 0.6 is 23.4 Å². The Hall–Kier alpha value is -2.51. The number of nitrogens with one attached hydrogen (secondary N) is 2. The minimum atomic E-state index is -0.414. The lowest BCUT2D eigenvalue weighted by molar-refractivity contribution is -0.116. The number of hydrogen-bond acceptors (Lipinski definition) is 5. The maximum Gasteiger partial charge on any atom is 0.240 e. The number of hydrogen-bond donors (Lipinski definition) is 2. The molecule has 8 heteroatoms. The zero-order chi connectivity index (χ0) is 19.7. The van der Waals surface area contributed by atoms with Gasteiger partial charge in [0, 0.05) is 17.1 Å². The first-order valence-electron chi connectivity index (χ1n) is 9.05. The van der Waals surface area contributed by atoms with Crippen LogP contribution in [0.15, 0.2) is 53.7 Å². The Morgan fingerprint density at radius 2 is 2.04 bits per heavy atom. The van der Waals surface area contributed by atoms with Crippen LogP contribution in [0, 0.1) is 6.92 Å². The van der Waals surface area contributed by atoms with Crippen LogP contribution in [0.5, 0.6) is 0 Å². The molecule has 0 radical (unpaired) electrons. The predicted octanol–water partition coefficient (Wildman–Crippen LogP) is 4.20. The first-order valence-corrected chi connectivity index (χ1v) is 10.3. The minimum absolute atomic E-state index is 0.113. The largest absolute Gasteiger partial charge is 0.325 e. The second kappa shape index (κ2) is 7.85. The number of benzene rings is 2. The highest BCUT2D eigenvalue weighted by atomic mass is 35.5. The smallest absolute Gasteiger partial charge is 0.240 e. The number of anilines is 1. The highest BCUT2D eigenvalue weighted by Gasteiger charge is 2.37. The summed E-state index contributed by atoms with van der Waals surface area (Å²) in [7, 11) is 0. The van der Waals surface area contributed by atoms with Crippen molar-refractivity contribution in [1.82, 2.24) is 14.9 Å². The van der Waals surface area contributed by atoms with Crippen LogP contribution in [0.3, 0.4) is 0 Å². The summed E-state index contributed by atoms with van der Waals surface area (Å²) in [6.45, 7) is 4.08. The van der Waals surface area contributed by atoms with Crippen molar-refractivity contribution in [2.24, 2.45) is 0 Å². The molecule has 0 bridgehead atoms. The van der Waals surface area contributed by atoms with Crippen LogP contribution in [0.1, 0.15) is 29.9 Å². The number of nitrogens with zero attached hydrogens (tertiary/aromatic N) is 3. The lowest BCUT2D eigenvalue weighted by Gasteiger charge is -2.33. The SMILES string of the molecule is CCc1nnc2n1NC(c1ccc(C)cc1)C(C(=O)Nc1cccc(Cl)c1)S2. The standard InChI is InChI=1S/C20H20ClN5OS/c1-3-16-23-24-20-26(16)25-17(13-9-7-12(2)8-10-13)18(28-20)19(27)22-15-6-4-5-14(21)11-15/h4-11,17-18,25H,3H2,1-2H3,(H,22,27). The third-order valence-corrected chi connectivity index (χ3v) is 6.06. The number of aromatic nitrogens is 3. The predicted molar refractivity (Wildman–Crippen MR) is 112 cm³/mol. The van der Waals surface area contributed by atoms with Gasteiger partial charge in [0.05, 0.1) is 6.04 Å². The summed E-state index contributed by atoms with van der Waals surface area (Å²) in [6.07, 6.45) is 0.751. The fourth-order valence-electron chi connectivity index (χ4n) is 3.13. The molecule has 2 unspecified atom stereocenters. The van der Waals surface area contributed by atoms with Gasteiger partial charge in [-0.15, -0.1) is 10.2 Å². The molecule has 144 valence electrons. The number of fused-ring (bicyclic) bond motifs is 1. The van der Waals surface area contributed by atoms with E-state index in [4.69, 9.17) is 11.6 Å². The van der Waals surface area contributed by atoms with Gasteiger partial charge in [0.15, 0.2) is 5.82 Å². The molecule has 4 rings (SSSR count). The van der Waals surface area contributed by atoms with Crippen molar-refractivity contribution in [2.45, 2.75) is 36.7 Å². The number of rotatable bonds is 4. The van der Waals surface area contributed by atoms with Crippen molar-refractivity contribution >= 4 is 35.0 Å². The van der Waals surface area contributed by atoms with E-state index in [2.05, 4.69) is 33.1 Å². The molecule has 3 aromatic rings. The van der Waals surface area contributed by atoms with E-state index in [1.807, 2.05) is 42.8 Å². The van der Waals surface area contributed by atoms with Gasteiger partial charge in [0.25, 0.3) is 0 Å². The maximum absolute atomic E-state index is 13.1. The van der Waals surface area contributed by atoms with Crippen LogP contribution in [-0.2, 0) is 11.2 Å². The molecule has 6 nitrogen and oxygen atoms in total. The van der Waals surface area contributed by atoms with E-state index >= 15 is 0 Å². The van der Waals surface area contributed by atoms with Crippen molar-refractivity contribution in [3.8, 4) is 0 Å². The summed E-state index contributed by atoms with van der Waals surface area (Å²) in [4.78, 5) is 13.1. The molecule has 1 aromatic heterocycles. The van der Waals surface area contributed by atoms with Gasteiger partial charge in [-0.1, -0.05) is 66.2 Å². The van der Waals surface area contributed by atoms with Gasteiger partial charge in [-0.2, -0.15) is 0 Å². The zero-order valence-electron chi connectivity index (χ0n) is 15.5. The zero-order valence-corrected chi connectivity index (χ0v) is 17.1. The van der Waals surface area contributed by atoms with Gasteiger partial charge in [0.1, 0.15) is 5.25 Å². The van der Waals surface area contributed by atoms with Crippen molar-refractivity contribution in [2.75, 3.05) is 10.7 Å². The Balaban J connectivity index is 1.67. The van der Waals surface area contributed by atoms with E-state index in [9.17, 15) is 4.79 Å². The minimum Gasteiger partial charge on any atom is -0.325 e. The second-order valence-corrected chi connectivity index (χ2v) is 8.19. The summed E-state index contributed by atoms with van der Waals surface area (Å²) in [5, 5.41) is 12.3. The molecule has 2 heterocycles. The molecule has 0 saturated carbocycles. The Bertz CT molecular complexity index is 1000. The monoisotopic (exact) mass is 413 g/mol. The van der Waals surface area contributed by atoms with Gasteiger partial charge in [-0.25, -0.2) is 4.68 Å². The van der Waals surface area contributed by atoms with Crippen molar-refractivity contribution in [3.05, 3.63) is 70.5 Å².